The second kappa shape index (κ2) is 6.95. The molecule has 2 amide bonds. The van der Waals surface area contributed by atoms with Crippen LogP contribution in [0.2, 0.25) is 0 Å². The van der Waals surface area contributed by atoms with Gasteiger partial charge in [0.25, 0.3) is 0 Å². The third-order valence-electron chi connectivity index (χ3n) is 5.55. The van der Waals surface area contributed by atoms with Crippen LogP contribution in [-0.4, -0.2) is 57.0 Å². The van der Waals surface area contributed by atoms with Crippen molar-refractivity contribution < 1.29 is 19.8 Å². The minimum absolute atomic E-state index is 0.0168. The van der Waals surface area contributed by atoms with Gasteiger partial charge in [-0.25, -0.2) is 0 Å². The van der Waals surface area contributed by atoms with Crippen molar-refractivity contribution in [1.82, 2.24) is 9.80 Å². The number of amides is 2. The zero-order chi connectivity index (χ0) is 19.0. The molecule has 0 spiro atoms. The highest BCUT2D eigenvalue weighted by atomic mass is 16.3. The van der Waals surface area contributed by atoms with Gasteiger partial charge in [0.2, 0.25) is 11.8 Å². The van der Waals surface area contributed by atoms with Gasteiger partial charge in [-0.15, -0.1) is 0 Å². The van der Waals surface area contributed by atoms with Crippen LogP contribution >= 0.6 is 0 Å². The lowest BCUT2D eigenvalue weighted by Crippen LogP contribution is -2.51. The molecule has 140 valence electrons. The monoisotopic (exact) mass is 366 g/mol. The van der Waals surface area contributed by atoms with Crippen molar-refractivity contribution in [2.24, 2.45) is 0 Å². The summed E-state index contributed by atoms with van der Waals surface area (Å²) in [7, 11) is 0. The summed E-state index contributed by atoms with van der Waals surface area (Å²) in [5.74, 6) is 0.234. The van der Waals surface area contributed by atoms with Gasteiger partial charge in [-0.1, -0.05) is 36.4 Å². The molecule has 6 heteroatoms. The standard InChI is InChI=1S/C21H22N2O4/c24-18-7-3-1-5-14(18)9-20(26)22-12-17-11-16(22)13-23(17)21(27)10-15-6-2-4-8-19(15)25/h1-8,16-17,24-25H,9-13H2/t16-,17-/m0/s1. The second-order valence-electron chi connectivity index (χ2n) is 7.25. The molecule has 4 rings (SSSR count). The molecule has 2 N–H and O–H groups in total. The summed E-state index contributed by atoms with van der Waals surface area (Å²) in [4.78, 5) is 29.0. The molecule has 0 aliphatic carbocycles. The number of hydrogen-bond donors (Lipinski definition) is 2. The molecule has 0 aromatic heterocycles. The van der Waals surface area contributed by atoms with Gasteiger partial charge in [-0.05, 0) is 18.6 Å². The van der Waals surface area contributed by atoms with Gasteiger partial charge in [-0.2, -0.15) is 0 Å². The number of rotatable bonds is 4. The maximum absolute atomic E-state index is 12.6. The molecular weight excluding hydrogens is 344 g/mol. The van der Waals surface area contributed by atoms with E-state index < -0.39 is 0 Å². The Labute approximate surface area is 157 Å². The first-order valence-electron chi connectivity index (χ1n) is 9.15. The summed E-state index contributed by atoms with van der Waals surface area (Å²) < 4.78 is 0. The molecule has 2 aromatic rings. The van der Waals surface area contributed by atoms with E-state index in [0.29, 0.717) is 24.2 Å². The Balaban J connectivity index is 1.38. The zero-order valence-corrected chi connectivity index (χ0v) is 14.9. The van der Waals surface area contributed by atoms with Crippen molar-refractivity contribution in [3.05, 3.63) is 59.7 Å². The van der Waals surface area contributed by atoms with E-state index in [1.165, 1.54) is 0 Å². The minimum atomic E-state index is -0.0168. The maximum atomic E-state index is 12.6. The fourth-order valence-electron chi connectivity index (χ4n) is 4.13. The Bertz CT molecular complexity index is 810. The molecule has 6 nitrogen and oxygen atoms in total. The molecule has 2 saturated heterocycles. The van der Waals surface area contributed by atoms with Crippen LogP contribution in [0, 0.1) is 0 Å². The van der Waals surface area contributed by atoms with E-state index in [-0.39, 0.29) is 48.2 Å². The van der Waals surface area contributed by atoms with Crippen LogP contribution in [0.5, 0.6) is 11.5 Å². The van der Waals surface area contributed by atoms with Crippen LogP contribution in [0.4, 0.5) is 0 Å². The molecule has 2 bridgehead atoms. The number of nitrogens with zero attached hydrogens (tertiary/aromatic N) is 2. The molecule has 0 unspecified atom stereocenters. The van der Waals surface area contributed by atoms with E-state index in [9.17, 15) is 19.8 Å². The van der Waals surface area contributed by atoms with Crippen molar-refractivity contribution in [2.45, 2.75) is 31.3 Å². The molecule has 2 aromatic carbocycles. The number of carbonyl (C=O) groups excluding carboxylic acids is 2. The topological polar surface area (TPSA) is 81.1 Å². The van der Waals surface area contributed by atoms with Crippen LogP contribution < -0.4 is 0 Å². The average Bonchev–Trinajstić information content (AvgIpc) is 3.26. The predicted molar refractivity (Wildman–Crippen MR) is 99.2 cm³/mol. The smallest absolute Gasteiger partial charge is 0.227 e. The number of aromatic hydroxyl groups is 2. The lowest BCUT2D eigenvalue weighted by Gasteiger charge is -2.34. The molecule has 2 aliphatic heterocycles. The van der Waals surface area contributed by atoms with Gasteiger partial charge in [0, 0.05) is 24.2 Å². The molecular formula is C21H22N2O4. The van der Waals surface area contributed by atoms with Gasteiger partial charge in [0.1, 0.15) is 11.5 Å². The van der Waals surface area contributed by atoms with Crippen molar-refractivity contribution in [3.8, 4) is 11.5 Å². The van der Waals surface area contributed by atoms with E-state index in [4.69, 9.17) is 0 Å². The van der Waals surface area contributed by atoms with E-state index in [2.05, 4.69) is 0 Å². The van der Waals surface area contributed by atoms with Crippen LogP contribution in [0.15, 0.2) is 48.5 Å². The first-order valence-corrected chi connectivity index (χ1v) is 9.15. The van der Waals surface area contributed by atoms with Gasteiger partial charge in [-0.3, -0.25) is 9.59 Å². The van der Waals surface area contributed by atoms with Gasteiger partial charge >= 0.3 is 0 Å². The maximum Gasteiger partial charge on any atom is 0.227 e. The largest absolute Gasteiger partial charge is 0.508 e. The van der Waals surface area contributed by atoms with Crippen molar-refractivity contribution >= 4 is 11.8 Å². The Morgan fingerprint density at radius 3 is 1.56 bits per heavy atom. The summed E-state index contributed by atoms with van der Waals surface area (Å²) in [6, 6.07) is 13.8. The first kappa shape index (κ1) is 17.4. The zero-order valence-electron chi connectivity index (χ0n) is 14.9. The lowest BCUT2D eigenvalue weighted by molar-refractivity contribution is -0.139. The summed E-state index contributed by atoms with van der Waals surface area (Å²) in [6.45, 7) is 1.06. The van der Waals surface area contributed by atoms with Crippen LogP contribution in [0.25, 0.3) is 0 Å². The average molecular weight is 366 g/mol. The molecule has 0 radical (unpaired) electrons. The van der Waals surface area contributed by atoms with Crippen molar-refractivity contribution in [2.75, 3.05) is 13.1 Å². The number of phenolic OH excluding ortho intramolecular Hbond substituents is 2. The molecule has 2 heterocycles. The quantitative estimate of drug-likeness (QED) is 0.863. The van der Waals surface area contributed by atoms with Crippen molar-refractivity contribution in [3.63, 3.8) is 0 Å². The number of phenols is 2. The fourth-order valence-corrected chi connectivity index (χ4v) is 4.13. The van der Waals surface area contributed by atoms with Crippen molar-refractivity contribution in [1.29, 1.82) is 0 Å². The van der Waals surface area contributed by atoms with Gasteiger partial charge in [0.05, 0.1) is 24.9 Å². The summed E-state index contributed by atoms with van der Waals surface area (Å²) in [6.07, 6.45) is 1.13. The molecule has 2 fully saturated rings. The van der Waals surface area contributed by atoms with Crippen LogP contribution in [0.3, 0.4) is 0 Å². The number of benzene rings is 2. The minimum Gasteiger partial charge on any atom is -0.508 e. The van der Waals surface area contributed by atoms with Gasteiger partial charge in [0.15, 0.2) is 0 Å². The SMILES string of the molecule is O=C(Cc1ccccc1O)N1C[C@@H]2C[C@H]1CN2C(=O)Cc1ccccc1O. The number of hydrogen-bond acceptors (Lipinski definition) is 4. The molecule has 2 atom stereocenters. The molecule has 27 heavy (non-hydrogen) atoms. The number of carbonyl (C=O) groups is 2. The number of piperazine rings is 1. The van der Waals surface area contributed by atoms with Gasteiger partial charge < -0.3 is 20.0 Å². The normalized spacial score (nSPS) is 20.9. The van der Waals surface area contributed by atoms with Crippen LogP contribution in [0.1, 0.15) is 17.5 Å². The predicted octanol–water partition coefficient (Wildman–Crippen LogP) is 1.69. The summed E-state index contributed by atoms with van der Waals surface area (Å²) in [5, 5.41) is 19.7. The van der Waals surface area contributed by atoms with E-state index in [1.54, 1.807) is 48.5 Å². The Kier molecular flexibility index (Phi) is 4.48. The summed E-state index contributed by atoms with van der Waals surface area (Å²) in [5.41, 5.74) is 1.25. The highest BCUT2D eigenvalue weighted by molar-refractivity contribution is 5.83. The fraction of sp³-hybridized carbons (Fsp3) is 0.333. The Hall–Kier alpha value is -3.02. The van der Waals surface area contributed by atoms with Crippen LogP contribution in [-0.2, 0) is 22.4 Å². The first-order chi connectivity index (χ1) is 13.0. The Morgan fingerprint density at radius 2 is 1.19 bits per heavy atom. The second-order valence-corrected chi connectivity index (χ2v) is 7.25. The van der Waals surface area contributed by atoms with E-state index >= 15 is 0 Å². The summed E-state index contributed by atoms with van der Waals surface area (Å²) >= 11 is 0. The third-order valence-corrected chi connectivity index (χ3v) is 5.55. The number of para-hydroxylation sites is 2. The molecule has 0 saturated carbocycles. The number of fused-ring (bicyclic) bond motifs is 2. The Morgan fingerprint density at radius 1 is 0.778 bits per heavy atom. The third kappa shape index (κ3) is 3.35. The van der Waals surface area contributed by atoms with E-state index in [0.717, 1.165) is 6.42 Å². The van der Waals surface area contributed by atoms with E-state index in [1.807, 2.05) is 9.80 Å². The highest BCUT2D eigenvalue weighted by Gasteiger charge is 2.46. The number of likely N-dealkylation sites (tertiary alicyclic amines) is 2. The molecule has 2 aliphatic rings. The lowest BCUT2D eigenvalue weighted by atomic mass is 10.1. The highest BCUT2D eigenvalue weighted by Crippen LogP contribution is 2.32.